The third-order valence-electron chi connectivity index (χ3n) is 4.31. The molecule has 0 spiro atoms. The first kappa shape index (κ1) is 18.8. The maximum absolute atomic E-state index is 12.6. The van der Waals surface area contributed by atoms with Gasteiger partial charge in [-0.2, -0.15) is 0 Å². The van der Waals surface area contributed by atoms with Crippen LogP contribution < -0.4 is 20.5 Å². The molecular formula is C18H26N4O3. The molecule has 0 bridgehead atoms. The SMILES string of the molecule is COc1cc(OC)cc(C(NC(=O)C(C)C(C)N)c2nccn2C)c1. The second-order valence-electron chi connectivity index (χ2n) is 6.13. The van der Waals surface area contributed by atoms with Gasteiger partial charge >= 0.3 is 0 Å². The van der Waals surface area contributed by atoms with Crippen molar-refractivity contribution in [2.75, 3.05) is 14.2 Å². The van der Waals surface area contributed by atoms with E-state index in [4.69, 9.17) is 15.2 Å². The predicted molar refractivity (Wildman–Crippen MR) is 95.6 cm³/mol. The zero-order valence-electron chi connectivity index (χ0n) is 15.3. The van der Waals surface area contributed by atoms with E-state index in [1.165, 1.54) is 0 Å². The number of carbonyl (C=O) groups is 1. The summed E-state index contributed by atoms with van der Waals surface area (Å²) in [7, 11) is 5.06. The van der Waals surface area contributed by atoms with Gasteiger partial charge in [0.2, 0.25) is 5.91 Å². The Bertz CT molecular complexity index is 705. The van der Waals surface area contributed by atoms with Crippen LogP contribution in [-0.2, 0) is 11.8 Å². The normalized spacial score (nSPS) is 14.5. The molecule has 0 fully saturated rings. The highest BCUT2D eigenvalue weighted by Gasteiger charge is 2.26. The van der Waals surface area contributed by atoms with Crippen molar-refractivity contribution in [3.63, 3.8) is 0 Å². The quantitative estimate of drug-likeness (QED) is 0.795. The summed E-state index contributed by atoms with van der Waals surface area (Å²) in [6.45, 7) is 3.62. The van der Waals surface area contributed by atoms with Crippen molar-refractivity contribution >= 4 is 5.91 Å². The van der Waals surface area contributed by atoms with Gasteiger partial charge in [-0.25, -0.2) is 4.98 Å². The Morgan fingerprint density at radius 2 is 1.80 bits per heavy atom. The minimum absolute atomic E-state index is 0.134. The molecule has 3 atom stereocenters. The summed E-state index contributed by atoms with van der Waals surface area (Å²) in [5, 5.41) is 3.05. The number of carbonyl (C=O) groups excluding carboxylic acids is 1. The molecule has 0 radical (unpaired) electrons. The Morgan fingerprint density at radius 3 is 2.24 bits per heavy atom. The van der Waals surface area contributed by atoms with Gasteiger partial charge in [-0.05, 0) is 24.6 Å². The van der Waals surface area contributed by atoms with E-state index in [-0.39, 0.29) is 17.9 Å². The average Bonchev–Trinajstić information content (AvgIpc) is 3.03. The zero-order valence-corrected chi connectivity index (χ0v) is 15.3. The molecule has 1 heterocycles. The fourth-order valence-corrected chi connectivity index (χ4v) is 2.46. The molecule has 7 heteroatoms. The minimum atomic E-state index is -0.447. The van der Waals surface area contributed by atoms with E-state index in [1.54, 1.807) is 26.5 Å². The molecule has 1 aromatic heterocycles. The number of nitrogens with two attached hydrogens (primary N) is 1. The monoisotopic (exact) mass is 346 g/mol. The van der Waals surface area contributed by atoms with Gasteiger partial charge in [0.05, 0.1) is 14.2 Å². The summed E-state index contributed by atoms with van der Waals surface area (Å²) in [6.07, 6.45) is 3.53. The highest BCUT2D eigenvalue weighted by molar-refractivity contribution is 5.79. The van der Waals surface area contributed by atoms with Gasteiger partial charge in [0.15, 0.2) is 0 Å². The van der Waals surface area contributed by atoms with Crippen molar-refractivity contribution in [2.24, 2.45) is 18.7 Å². The summed E-state index contributed by atoms with van der Waals surface area (Å²) >= 11 is 0. The topological polar surface area (TPSA) is 91.4 Å². The molecule has 3 N–H and O–H groups in total. The molecule has 0 aliphatic carbocycles. The summed E-state index contributed by atoms with van der Waals surface area (Å²) in [6, 6.07) is 4.81. The standard InChI is InChI=1S/C18H26N4O3/c1-11(12(2)19)18(23)21-16(17-20-6-7-22(17)3)13-8-14(24-4)10-15(9-13)25-5/h6-12,16H,19H2,1-5H3,(H,21,23). The van der Waals surface area contributed by atoms with Crippen LogP contribution in [0.5, 0.6) is 11.5 Å². The number of nitrogens with one attached hydrogen (secondary N) is 1. The van der Waals surface area contributed by atoms with Crippen LogP contribution in [0.25, 0.3) is 0 Å². The number of rotatable bonds is 7. The lowest BCUT2D eigenvalue weighted by Crippen LogP contribution is -2.41. The van der Waals surface area contributed by atoms with E-state index < -0.39 is 6.04 Å². The Morgan fingerprint density at radius 1 is 1.20 bits per heavy atom. The molecule has 3 unspecified atom stereocenters. The lowest BCUT2D eigenvalue weighted by atomic mass is 10.0. The number of aryl methyl sites for hydroxylation is 1. The highest BCUT2D eigenvalue weighted by Crippen LogP contribution is 2.29. The van der Waals surface area contributed by atoms with Crippen LogP contribution in [0.3, 0.4) is 0 Å². The van der Waals surface area contributed by atoms with Gasteiger partial charge in [-0.15, -0.1) is 0 Å². The van der Waals surface area contributed by atoms with Gasteiger partial charge in [0.1, 0.15) is 23.4 Å². The molecule has 0 aliphatic heterocycles. The summed E-state index contributed by atoms with van der Waals surface area (Å²) in [5.74, 6) is 1.53. The van der Waals surface area contributed by atoms with E-state index in [0.717, 1.165) is 5.56 Å². The number of imidazole rings is 1. The molecule has 0 saturated carbocycles. The molecule has 0 saturated heterocycles. The van der Waals surface area contributed by atoms with E-state index in [9.17, 15) is 4.79 Å². The molecule has 1 aromatic carbocycles. The first-order chi connectivity index (χ1) is 11.9. The van der Waals surface area contributed by atoms with Gasteiger partial charge in [-0.3, -0.25) is 4.79 Å². The third kappa shape index (κ3) is 4.30. The summed E-state index contributed by atoms with van der Waals surface area (Å²) < 4.78 is 12.6. The predicted octanol–water partition coefficient (Wildman–Crippen LogP) is 1.63. The third-order valence-corrected chi connectivity index (χ3v) is 4.31. The first-order valence-corrected chi connectivity index (χ1v) is 8.13. The van der Waals surface area contributed by atoms with Crippen LogP contribution in [0.4, 0.5) is 0 Å². The number of hydrogen-bond donors (Lipinski definition) is 2. The van der Waals surface area contributed by atoms with Crippen LogP contribution in [-0.4, -0.2) is 35.7 Å². The number of amides is 1. The summed E-state index contributed by atoms with van der Waals surface area (Å²) in [5.41, 5.74) is 6.68. The fraction of sp³-hybridized carbons (Fsp3) is 0.444. The smallest absolute Gasteiger partial charge is 0.225 e. The van der Waals surface area contributed by atoms with E-state index in [2.05, 4.69) is 10.3 Å². The Balaban J connectivity index is 2.46. The largest absolute Gasteiger partial charge is 0.497 e. The second kappa shape index (κ2) is 8.02. The van der Waals surface area contributed by atoms with Crippen molar-refractivity contribution in [1.82, 2.24) is 14.9 Å². The molecule has 0 aliphatic rings. The van der Waals surface area contributed by atoms with Crippen molar-refractivity contribution in [1.29, 1.82) is 0 Å². The average molecular weight is 346 g/mol. The molecule has 25 heavy (non-hydrogen) atoms. The summed E-state index contributed by atoms with van der Waals surface area (Å²) in [4.78, 5) is 17.0. The van der Waals surface area contributed by atoms with Crippen molar-refractivity contribution < 1.29 is 14.3 Å². The molecular weight excluding hydrogens is 320 g/mol. The number of methoxy groups -OCH3 is 2. The zero-order chi connectivity index (χ0) is 18.6. The molecule has 1 amide bonds. The van der Waals surface area contributed by atoms with Crippen LogP contribution in [0.15, 0.2) is 30.6 Å². The van der Waals surface area contributed by atoms with Crippen LogP contribution in [0, 0.1) is 5.92 Å². The Labute approximate surface area is 148 Å². The first-order valence-electron chi connectivity index (χ1n) is 8.13. The van der Waals surface area contributed by atoms with Crippen LogP contribution >= 0.6 is 0 Å². The van der Waals surface area contributed by atoms with Crippen LogP contribution in [0.1, 0.15) is 31.3 Å². The van der Waals surface area contributed by atoms with Gasteiger partial charge < -0.3 is 25.1 Å². The Hall–Kier alpha value is -2.54. The maximum Gasteiger partial charge on any atom is 0.225 e. The minimum Gasteiger partial charge on any atom is -0.497 e. The second-order valence-corrected chi connectivity index (χ2v) is 6.13. The fourth-order valence-electron chi connectivity index (χ4n) is 2.46. The van der Waals surface area contributed by atoms with Crippen molar-refractivity contribution in [2.45, 2.75) is 25.9 Å². The van der Waals surface area contributed by atoms with Crippen molar-refractivity contribution in [3.05, 3.63) is 42.0 Å². The van der Waals surface area contributed by atoms with E-state index in [1.807, 2.05) is 43.8 Å². The number of hydrogen-bond acceptors (Lipinski definition) is 5. The van der Waals surface area contributed by atoms with E-state index >= 15 is 0 Å². The van der Waals surface area contributed by atoms with Crippen LogP contribution in [0.2, 0.25) is 0 Å². The molecule has 2 aromatic rings. The van der Waals surface area contributed by atoms with Gasteiger partial charge in [0, 0.05) is 37.5 Å². The lowest BCUT2D eigenvalue weighted by Gasteiger charge is -2.23. The van der Waals surface area contributed by atoms with Gasteiger partial charge in [0.25, 0.3) is 0 Å². The lowest BCUT2D eigenvalue weighted by molar-refractivity contribution is -0.125. The Kier molecular flexibility index (Phi) is 6.03. The van der Waals surface area contributed by atoms with E-state index in [0.29, 0.717) is 17.3 Å². The number of benzene rings is 1. The van der Waals surface area contributed by atoms with Crippen molar-refractivity contribution in [3.8, 4) is 11.5 Å². The molecule has 136 valence electrons. The maximum atomic E-state index is 12.6. The number of aromatic nitrogens is 2. The van der Waals surface area contributed by atoms with Gasteiger partial charge in [-0.1, -0.05) is 6.92 Å². The molecule has 7 nitrogen and oxygen atoms in total. The number of nitrogens with zero attached hydrogens (tertiary/aromatic N) is 2. The number of ether oxygens (including phenoxy) is 2. The molecule has 2 rings (SSSR count). The highest BCUT2D eigenvalue weighted by atomic mass is 16.5.